The predicted octanol–water partition coefficient (Wildman–Crippen LogP) is 1.14. The van der Waals surface area contributed by atoms with Crippen LogP contribution < -0.4 is 11.3 Å². The van der Waals surface area contributed by atoms with Gasteiger partial charge in [-0.1, -0.05) is 5.22 Å². The zero-order valence-corrected chi connectivity index (χ0v) is 6.73. The Morgan fingerprint density at radius 3 is 2.46 bits per heavy atom. The number of hydrogen-bond acceptors (Lipinski definition) is 4. The maximum Gasteiger partial charge on any atom is 0.176 e. The number of nitrogens with one attached hydrogen (secondary N) is 2. The summed E-state index contributed by atoms with van der Waals surface area (Å²) in [4.78, 5) is 0. The molecule has 0 aromatic heterocycles. The minimum atomic E-state index is -0.0213. The highest BCUT2D eigenvalue weighted by molar-refractivity contribution is 5.96. The number of hydrogen-bond donors (Lipinski definition) is 4. The van der Waals surface area contributed by atoms with Gasteiger partial charge in [-0.3, -0.25) is 16.1 Å². The van der Waals surface area contributed by atoms with Gasteiger partial charge >= 0.3 is 0 Å². The number of nitrogens with zero attached hydrogens (tertiary/aromatic N) is 2. The van der Waals surface area contributed by atoms with E-state index in [0.29, 0.717) is 11.3 Å². The number of nitrogens with two attached hydrogens (primary N) is 1. The molecule has 1 aromatic rings. The van der Waals surface area contributed by atoms with E-state index in [1.165, 1.54) is 0 Å². The molecule has 0 saturated carbocycles. The molecule has 68 valence electrons. The van der Waals surface area contributed by atoms with Crippen molar-refractivity contribution in [2.45, 2.75) is 0 Å². The molecular weight excluding hydrogens is 170 g/mol. The molecule has 0 spiro atoms. The van der Waals surface area contributed by atoms with E-state index in [-0.39, 0.29) is 5.84 Å². The first-order valence-electron chi connectivity index (χ1n) is 3.48. The summed E-state index contributed by atoms with van der Waals surface area (Å²) in [5.74, 6) is 4.77. The number of rotatable bonds is 2. The van der Waals surface area contributed by atoms with Crippen molar-refractivity contribution in [2.75, 3.05) is 5.48 Å². The van der Waals surface area contributed by atoms with Crippen LogP contribution in [0.5, 0.6) is 0 Å². The first kappa shape index (κ1) is 9.14. The first-order valence-corrected chi connectivity index (χ1v) is 3.48. The van der Waals surface area contributed by atoms with Gasteiger partial charge in [-0.2, -0.15) is 0 Å². The zero-order valence-electron chi connectivity index (χ0n) is 6.73. The third-order valence-corrected chi connectivity index (χ3v) is 1.45. The lowest BCUT2D eigenvalue weighted by atomic mass is 10.2. The maximum absolute atomic E-state index is 8.50. The second-order valence-corrected chi connectivity index (χ2v) is 2.25. The summed E-state index contributed by atoms with van der Waals surface area (Å²) in [7, 11) is 0. The fourth-order valence-corrected chi connectivity index (χ4v) is 0.818. The highest BCUT2D eigenvalue weighted by Gasteiger charge is 1.98. The van der Waals surface area contributed by atoms with E-state index >= 15 is 0 Å². The normalized spacial score (nSPS) is 10.2. The minimum absolute atomic E-state index is 0.0213. The fourth-order valence-electron chi connectivity index (χ4n) is 0.818. The third-order valence-electron chi connectivity index (χ3n) is 1.45. The van der Waals surface area contributed by atoms with Gasteiger partial charge in [0, 0.05) is 5.56 Å². The molecule has 1 aromatic carbocycles. The van der Waals surface area contributed by atoms with E-state index in [2.05, 4.69) is 10.3 Å². The van der Waals surface area contributed by atoms with Crippen LogP contribution in [0.15, 0.2) is 34.6 Å². The zero-order chi connectivity index (χ0) is 9.68. The molecule has 0 bridgehead atoms. The predicted molar refractivity (Wildman–Crippen MR) is 47.7 cm³/mol. The standard InChI is InChI=1S/C7H9N5O/c8-7(10-12-9)5-1-3-6(11-13)4-2-5/h1-4,11,13H,(H3,8,9,10). The lowest BCUT2D eigenvalue weighted by Gasteiger charge is -1.99. The van der Waals surface area contributed by atoms with Crippen molar-refractivity contribution in [3.63, 3.8) is 0 Å². The molecule has 1 rings (SSSR count). The van der Waals surface area contributed by atoms with Crippen LogP contribution in [-0.2, 0) is 0 Å². The molecule has 6 nitrogen and oxygen atoms in total. The molecule has 0 aliphatic carbocycles. The highest BCUT2D eigenvalue weighted by Crippen LogP contribution is 2.09. The van der Waals surface area contributed by atoms with Crippen LogP contribution in [0.2, 0.25) is 0 Å². The average molecular weight is 179 g/mol. The second kappa shape index (κ2) is 4.17. The molecule has 0 atom stereocenters. The van der Waals surface area contributed by atoms with Crippen LogP contribution in [0.25, 0.3) is 0 Å². The van der Waals surface area contributed by atoms with Gasteiger partial charge in [-0.15, -0.1) is 5.11 Å². The summed E-state index contributed by atoms with van der Waals surface area (Å²) in [5.41, 5.74) is 3.10. The van der Waals surface area contributed by atoms with Crippen molar-refractivity contribution in [3.05, 3.63) is 29.8 Å². The molecule has 0 saturated heterocycles. The van der Waals surface area contributed by atoms with Crippen molar-refractivity contribution in [2.24, 2.45) is 16.2 Å². The SMILES string of the molecule is N=C(N=NN)c1ccc(NO)cc1. The van der Waals surface area contributed by atoms with Crippen molar-refractivity contribution >= 4 is 11.5 Å². The van der Waals surface area contributed by atoms with Crippen LogP contribution in [0.4, 0.5) is 5.69 Å². The van der Waals surface area contributed by atoms with E-state index in [1.807, 2.05) is 5.48 Å². The van der Waals surface area contributed by atoms with E-state index in [4.69, 9.17) is 16.5 Å². The summed E-state index contributed by atoms with van der Waals surface area (Å²) in [6, 6.07) is 6.46. The van der Waals surface area contributed by atoms with E-state index < -0.39 is 0 Å². The Kier molecular flexibility index (Phi) is 2.93. The van der Waals surface area contributed by atoms with E-state index in [9.17, 15) is 0 Å². The van der Waals surface area contributed by atoms with Gasteiger partial charge in [0.1, 0.15) is 0 Å². The summed E-state index contributed by atoms with van der Waals surface area (Å²) >= 11 is 0. The lowest BCUT2D eigenvalue weighted by molar-refractivity contribution is 0.389. The molecule has 0 heterocycles. The summed E-state index contributed by atoms with van der Waals surface area (Å²) in [6.45, 7) is 0. The molecule has 0 unspecified atom stereocenters. The monoisotopic (exact) mass is 179 g/mol. The number of amidine groups is 1. The topological polar surface area (TPSA) is 107 Å². The Morgan fingerprint density at radius 1 is 1.38 bits per heavy atom. The van der Waals surface area contributed by atoms with Gasteiger partial charge < -0.3 is 5.84 Å². The van der Waals surface area contributed by atoms with E-state index in [1.54, 1.807) is 24.3 Å². The Bertz CT molecular complexity index is 318. The average Bonchev–Trinajstić information content (AvgIpc) is 2.18. The van der Waals surface area contributed by atoms with Gasteiger partial charge in [-0.05, 0) is 24.3 Å². The van der Waals surface area contributed by atoms with Crippen LogP contribution >= 0.6 is 0 Å². The summed E-state index contributed by atoms with van der Waals surface area (Å²) in [6.07, 6.45) is 0. The molecule has 13 heavy (non-hydrogen) atoms. The van der Waals surface area contributed by atoms with Crippen LogP contribution in [-0.4, -0.2) is 11.0 Å². The van der Waals surface area contributed by atoms with E-state index in [0.717, 1.165) is 0 Å². The number of anilines is 1. The molecular formula is C7H9N5O. The van der Waals surface area contributed by atoms with Crippen molar-refractivity contribution < 1.29 is 5.21 Å². The third kappa shape index (κ3) is 2.24. The molecule has 0 radical (unpaired) electrons. The molecule has 0 aliphatic heterocycles. The van der Waals surface area contributed by atoms with Crippen molar-refractivity contribution in [1.29, 1.82) is 5.41 Å². The summed E-state index contributed by atoms with van der Waals surface area (Å²) < 4.78 is 0. The van der Waals surface area contributed by atoms with Gasteiger partial charge in [0.15, 0.2) is 5.84 Å². The van der Waals surface area contributed by atoms with Crippen molar-refractivity contribution in [3.8, 4) is 0 Å². The molecule has 0 amide bonds. The molecule has 0 aliphatic rings. The van der Waals surface area contributed by atoms with Gasteiger partial charge in [-0.25, -0.2) is 0 Å². The van der Waals surface area contributed by atoms with Crippen LogP contribution in [0, 0.1) is 5.41 Å². The Balaban J connectivity index is 2.85. The summed E-state index contributed by atoms with van der Waals surface area (Å²) in [5, 5.41) is 22.2. The first-order chi connectivity index (χ1) is 6.27. The second-order valence-electron chi connectivity index (χ2n) is 2.25. The quantitative estimate of drug-likeness (QED) is 0.180. The minimum Gasteiger partial charge on any atom is -0.305 e. The Labute approximate surface area is 74.5 Å². The van der Waals surface area contributed by atoms with Crippen molar-refractivity contribution in [1.82, 2.24) is 0 Å². The largest absolute Gasteiger partial charge is 0.305 e. The maximum atomic E-state index is 8.50. The van der Waals surface area contributed by atoms with Gasteiger partial charge in [0.2, 0.25) is 0 Å². The highest BCUT2D eigenvalue weighted by atomic mass is 16.5. The van der Waals surface area contributed by atoms with Crippen LogP contribution in [0.1, 0.15) is 5.56 Å². The Hall–Kier alpha value is -1.95. The fraction of sp³-hybridized carbons (Fsp3) is 0. The molecule has 5 N–H and O–H groups in total. The smallest absolute Gasteiger partial charge is 0.176 e. The van der Waals surface area contributed by atoms with Gasteiger partial charge in [0.05, 0.1) is 5.69 Å². The molecule has 0 fully saturated rings. The molecule has 6 heteroatoms. The van der Waals surface area contributed by atoms with Crippen LogP contribution in [0.3, 0.4) is 0 Å². The lowest BCUT2D eigenvalue weighted by Crippen LogP contribution is -1.96. The van der Waals surface area contributed by atoms with Gasteiger partial charge in [0.25, 0.3) is 0 Å². The Morgan fingerprint density at radius 2 is 2.00 bits per heavy atom. The number of benzene rings is 1.